The summed E-state index contributed by atoms with van der Waals surface area (Å²) in [6.45, 7) is 1.11. The molecule has 5 rings (SSSR count). The van der Waals surface area contributed by atoms with Gasteiger partial charge in [-0.15, -0.1) is 0 Å². The maximum absolute atomic E-state index is 13.3. The summed E-state index contributed by atoms with van der Waals surface area (Å²) in [7, 11) is 1.60. The van der Waals surface area contributed by atoms with Crippen LogP contribution in [0.3, 0.4) is 0 Å². The molecule has 3 aromatic rings. The summed E-state index contributed by atoms with van der Waals surface area (Å²) in [5, 5.41) is 4.30. The van der Waals surface area contributed by atoms with Crippen molar-refractivity contribution in [1.29, 1.82) is 0 Å². The molecular weight excluding hydrogens is 392 g/mol. The van der Waals surface area contributed by atoms with Gasteiger partial charge >= 0.3 is 0 Å². The van der Waals surface area contributed by atoms with Gasteiger partial charge < -0.3 is 14.2 Å². The predicted octanol–water partition coefficient (Wildman–Crippen LogP) is 4.15. The van der Waals surface area contributed by atoms with Crippen LogP contribution in [-0.2, 0) is 0 Å². The molecule has 3 heterocycles. The smallest absolute Gasteiger partial charge is 0.254 e. The number of amides is 1. The lowest BCUT2D eigenvalue weighted by atomic mass is 9.90. The Labute approximate surface area is 181 Å². The topological polar surface area (TPSA) is 81.4 Å². The van der Waals surface area contributed by atoms with Crippen LogP contribution in [0.5, 0.6) is 5.75 Å². The van der Waals surface area contributed by atoms with Crippen molar-refractivity contribution in [1.82, 2.24) is 20.0 Å². The van der Waals surface area contributed by atoms with Crippen LogP contribution in [0, 0.1) is 0 Å². The van der Waals surface area contributed by atoms with E-state index in [0.717, 1.165) is 24.2 Å². The molecule has 2 fully saturated rings. The van der Waals surface area contributed by atoms with E-state index in [1.54, 1.807) is 19.4 Å². The Hall–Kier alpha value is -3.22. The maximum atomic E-state index is 13.3. The minimum absolute atomic E-state index is 0.0224. The molecule has 1 amide bonds. The van der Waals surface area contributed by atoms with Crippen molar-refractivity contribution in [2.45, 2.75) is 43.4 Å². The molecule has 0 radical (unpaired) electrons. The van der Waals surface area contributed by atoms with E-state index < -0.39 is 0 Å². The number of hydrogen-bond acceptors (Lipinski definition) is 6. The number of hydrogen-bond donors (Lipinski definition) is 0. The van der Waals surface area contributed by atoms with Gasteiger partial charge in [0, 0.05) is 42.9 Å². The second-order valence-electron chi connectivity index (χ2n) is 8.41. The first-order chi connectivity index (χ1) is 15.2. The molecule has 31 heavy (non-hydrogen) atoms. The van der Waals surface area contributed by atoms with Gasteiger partial charge in [-0.1, -0.05) is 30.1 Å². The van der Waals surface area contributed by atoms with Crippen LogP contribution >= 0.6 is 0 Å². The number of pyridine rings is 1. The lowest BCUT2D eigenvalue weighted by Gasteiger charge is -2.17. The standard InChI is InChI=1S/C24H26N4O3/c1-30-19-10-4-8-17(12-19)24(29)28-14-20(18-9-5-11-25-13-18)21(15-28)23-26-22(27-31-23)16-6-2-3-7-16/h4-5,8-13,16,20-21H,2-3,6-7,14-15H2,1H3. The fourth-order valence-electron chi connectivity index (χ4n) is 4.84. The molecule has 160 valence electrons. The third-order valence-electron chi connectivity index (χ3n) is 6.53. The molecular formula is C24H26N4O3. The Bertz CT molecular complexity index is 1050. The molecule has 7 nitrogen and oxygen atoms in total. The van der Waals surface area contributed by atoms with Crippen molar-refractivity contribution in [3.8, 4) is 5.75 Å². The zero-order valence-corrected chi connectivity index (χ0v) is 17.6. The van der Waals surface area contributed by atoms with Crippen LogP contribution in [-0.4, -0.2) is 46.1 Å². The molecule has 2 aliphatic rings. The fourth-order valence-corrected chi connectivity index (χ4v) is 4.84. The lowest BCUT2D eigenvalue weighted by Crippen LogP contribution is -2.28. The number of benzene rings is 1. The largest absolute Gasteiger partial charge is 0.497 e. The van der Waals surface area contributed by atoms with E-state index in [0.29, 0.717) is 36.2 Å². The Morgan fingerprint density at radius 1 is 1.13 bits per heavy atom. The summed E-state index contributed by atoms with van der Waals surface area (Å²) in [6.07, 6.45) is 8.31. The van der Waals surface area contributed by atoms with Gasteiger partial charge in [0.1, 0.15) is 5.75 Å². The highest BCUT2D eigenvalue weighted by molar-refractivity contribution is 5.95. The molecule has 0 N–H and O–H groups in total. The summed E-state index contributed by atoms with van der Waals surface area (Å²) in [5.41, 5.74) is 1.69. The fraction of sp³-hybridized carbons (Fsp3) is 0.417. The predicted molar refractivity (Wildman–Crippen MR) is 114 cm³/mol. The van der Waals surface area contributed by atoms with Crippen molar-refractivity contribution in [3.63, 3.8) is 0 Å². The van der Waals surface area contributed by atoms with Crippen molar-refractivity contribution < 1.29 is 14.1 Å². The second kappa shape index (κ2) is 8.49. The number of methoxy groups -OCH3 is 1. The highest BCUT2D eigenvalue weighted by atomic mass is 16.5. The van der Waals surface area contributed by atoms with E-state index in [4.69, 9.17) is 14.2 Å². The highest BCUT2D eigenvalue weighted by Gasteiger charge is 2.41. The van der Waals surface area contributed by atoms with E-state index >= 15 is 0 Å². The first-order valence-corrected chi connectivity index (χ1v) is 10.9. The summed E-state index contributed by atoms with van der Waals surface area (Å²) < 4.78 is 11.0. The van der Waals surface area contributed by atoms with Crippen molar-refractivity contribution in [2.24, 2.45) is 0 Å². The molecule has 1 aromatic carbocycles. The minimum atomic E-state index is -0.0542. The number of rotatable bonds is 5. The summed E-state index contributed by atoms with van der Waals surface area (Å²) in [6, 6.07) is 11.3. The average Bonchev–Trinajstić information content (AvgIpc) is 3.59. The highest BCUT2D eigenvalue weighted by Crippen LogP contribution is 2.40. The zero-order chi connectivity index (χ0) is 21.2. The van der Waals surface area contributed by atoms with Gasteiger partial charge in [0.2, 0.25) is 5.89 Å². The molecule has 1 aliphatic heterocycles. The first kappa shape index (κ1) is 19.7. The molecule has 2 atom stereocenters. The summed E-state index contributed by atoms with van der Waals surface area (Å²) >= 11 is 0. The van der Waals surface area contributed by atoms with Gasteiger partial charge in [0.15, 0.2) is 5.82 Å². The van der Waals surface area contributed by atoms with Crippen molar-refractivity contribution >= 4 is 5.91 Å². The second-order valence-corrected chi connectivity index (χ2v) is 8.41. The van der Waals surface area contributed by atoms with E-state index in [1.165, 1.54) is 12.8 Å². The lowest BCUT2D eigenvalue weighted by molar-refractivity contribution is 0.0787. The summed E-state index contributed by atoms with van der Waals surface area (Å²) in [4.78, 5) is 24.2. The van der Waals surface area contributed by atoms with E-state index in [-0.39, 0.29) is 17.7 Å². The molecule has 7 heteroatoms. The summed E-state index contributed by atoms with van der Waals surface area (Å²) in [5.74, 6) is 2.48. The Morgan fingerprint density at radius 3 is 2.74 bits per heavy atom. The zero-order valence-electron chi connectivity index (χ0n) is 17.6. The van der Waals surface area contributed by atoms with Crippen LogP contribution in [0.15, 0.2) is 53.3 Å². The molecule has 1 aliphatic carbocycles. The van der Waals surface area contributed by atoms with Crippen molar-refractivity contribution in [2.75, 3.05) is 20.2 Å². The normalized spacial score (nSPS) is 21.5. The van der Waals surface area contributed by atoms with Crippen LogP contribution in [0.2, 0.25) is 0 Å². The van der Waals surface area contributed by atoms with Gasteiger partial charge in [-0.3, -0.25) is 9.78 Å². The average molecular weight is 418 g/mol. The van der Waals surface area contributed by atoms with Gasteiger partial charge in [-0.05, 0) is 42.7 Å². The third kappa shape index (κ3) is 3.92. The molecule has 1 saturated heterocycles. The number of nitrogens with zero attached hydrogens (tertiary/aromatic N) is 4. The van der Waals surface area contributed by atoms with Gasteiger partial charge in [0.05, 0.1) is 13.0 Å². The third-order valence-corrected chi connectivity index (χ3v) is 6.53. The van der Waals surface area contributed by atoms with Gasteiger partial charge in [0.25, 0.3) is 5.91 Å². The van der Waals surface area contributed by atoms with Crippen LogP contribution < -0.4 is 4.74 Å². The van der Waals surface area contributed by atoms with Crippen LogP contribution in [0.1, 0.15) is 71.1 Å². The number of likely N-dealkylation sites (tertiary alicyclic amines) is 1. The molecule has 1 saturated carbocycles. The number of aromatic nitrogens is 3. The quantitative estimate of drug-likeness (QED) is 0.619. The number of carbonyl (C=O) groups excluding carboxylic acids is 1. The minimum Gasteiger partial charge on any atom is -0.497 e. The van der Waals surface area contributed by atoms with E-state index in [2.05, 4.69) is 16.2 Å². The SMILES string of the molecule is COc1cccc(C(=O)N2CC(c3cccnc3)C(c3nc(C4CCCC4)no3)C2)c1. The van der Waals surface area contributed by atoms with Crippen LogP contribution in [0.25, 0.3) is 0 Å². The van der Waals surface area contributed by atoms with E-state index in [9.17, 15) is 4.79 Å². The molecule has 0 spiro atoms. The maximum Gasteiger partial charge on any atom is 0.254 e. The molecule has 2 unspecified atom stereocenters. The Balaban J connectivity index is 1.43. The monoisotopic (exact) mass is 418 g/mol. The Morgan fingerprint density at radius 2 is 1.97 bits per heavy atom. The Kier molecular flexibility index (Phi) is 5.40. The number of ether oxygens (including phenoxy) is 1. The number of carbonyl (C=O) groups is 1. The van der Waals surface area contributed by atoms with Crippen molar-refractivity contribution in [3.05, 3.63) is 71.6 Å². The van der Waals surface area contributed by atoms with Gasteiger partial charge in [-0.2, -0.15) is 4.98 Å². The molecule has 2 aromatic heterocycles. The van der Waals surface area contributed by atoms with Gasteiger partial charge in [-0.25, -0.2) is 0 Å². The molecule has 0 bridgehead atoms. The van der Waals surface area contributed by atoms with Crippen LogP contribution in [0.4, 0.5) is 0 Å². The van der Waals surface area contributed by atoms with E-state index in [1.807, 2.05) is 35.4 Å². The first-order valence-electron chi connectivity index (χ1n) is 10.9.